The first kappa shape index (κ1) is 18.1. The first-order chi connectivity index (χ1) is 13.7. The average molecular weight is 391 g/mol. The van der Waals surface area contributed by atoms with Crippen molar-refractivity contribution in [1.29, 1.82) is 5.26 Å². The van der Waals surface area contributed by atoms with Crippen LogP contribution in [0.2, 0.25) is 0 Å². The minimum absolute atomic E-state index is 0.388. The molecular formula is C21H17N3O3S. The number of nitriles is 1. The van der Waals surface area contributed by atoms with Gasteiger partial charge in [0.2, 0.25) is 0 Å². The molecule has 0 aliphatic heterocycles. The fourth-order valence-electron chi connectivity index (χ4n) is 3.47. The van der Waals surface area contributed by atoms with Gasteiger partial charge in [-0.15, -0.1) is 11.3 Å². The molecule has 28 heavy (non-hydrogen) atoms. The van der Waals surface area contributed by atoms with Gasteiger partial charge in [0.25, 0.3) is 5.91 Å². The molecule has 140 valence electrons. The monoisotopic (exact) mass is 391 g/mol. The summed E-state index contributed by atoms with van der Waals surface area (Å²) in [5.41, 5.74) is 3.54. The van der Waals surface area contributed by atoms with Crippen molar-refractivity contribution in [3.8, 4) is 6.07 Å². The second kappa shape index (κ2) is 7.79. The zero-order valence-electron chi connectivity index (χ0n) is 15.0. The lowest BCUT2D eigenvalue weighted by molar-refractivity contribution is -0.119. The summed E-state index contributed by atoms with van der Waals surface area (Å²) < 4.78 is 5.33. The quantitative estimate of drug-likeness (QED) is 0.682. The molecule has 0 atom stereocenters. The van der Waals surface area contributed by atoms with Crippen molar-refractivity contribution in [2.75, 3.05) is 11.9 Å². The highest BCUT2D eigenvalue weighted by molar-refractivity contribution is 7.14. The number of esters is 1. The topological polar surface area (TPSA) is 92.1 Å². The van der Waals surface area contributed by atoms with Gasteiger partial charge >= 0.3 is 5.97 Å². The fraction of sp³-hybridized carbons (Fsp3) is 0.238. The predicted octanol–water partition coefficient (Wildman–Crippen LogP) is 3.84. The number of amides is 1. The standard InChI is InChI=1S/C21H17N3O3S/c22-11-13-9-10-28-20(13)24-18(25)12-27-21(26)19-14-5-1-3-7-16(14)23-17-8-4-2-6-15(17)19/h1,3,5,7,9-10H,2,4,6,8,12H2,(H,24,25). The van der Waals surface area contributed by atoms with E-state index in [9.17, 15) is 9.59 Å². The summed E-state index contributed by atoms with van der Waals surface area (Å²) in [4.78, 5) is 29.8. The number of benzene rings is 1. The highest BCUT2D eigenvalue weighted by Gasteiger charge is 2.24. The van der Waals surface area contributed by atoms with E-state index in [0.29, 0.717) is 16.1 Å². The van der Waals surface area contributed by atoms with Crippen molar-refractivity contribution in [2.45, 2.75) is 25.7 Å². The van der Waals surface area contributed by atoms with Crippen molar-refractivity contribution < 1.29 is 14.3 Å². The number of aryl methyl sites for hydroxylation is 1. The molecule has 3 aromatic rings. The number of hydrogen-bond acceptors (Lipinski definition) is 6. The highest BCUT2D eigenvalue weighted by atomic mass is 32.1. The Kier molecular flexibility index (Phi) is 5.04. The van der Waals surface area contributed by atoms with Gasteiger partial charge in [-0.2, -0.15) is 5.26 Å². The fourth-order valence-corrected chi connectivity index (χ4v) is 4.22. The van der Waals surface area contributed by atoms with Crippen LogP contribution in [0.4, 0.5) is 5.00 Å². The number of fused-ring (bicyclic) bond motifs is 2. The summed E-state index contributed by atoms with van der Waals surface area (Å²) in [6.45, 7) is -0.410. The van der Waals surface area contributed by atoms with Crippen molar-refractivity contribution in [3.05, 3.63) is 58.1 Å². The second-order valence-electron chi connectivity index (χ2n) is 6.54. The Balaban J connectivity index is 1.56. The van der Waals surface area contributed by atoms with Crippen molar-refractivity contribution >= 4 is 39.1 Å². The van der Waals surface area contributed by atoms with Crippen LogP contribution in [0.5, 0.6) is 0 Å². The molecule has 0 bridgehead atoms. The Bertz CT molecular complexity index is 1110. The smallest absolute Gasteiger partial charge is 0.339 e. The molecule has 0 saturated carbocycles. The number of nitrogens with zero attached hydrogens (tertiary/aromatic N) is 2. The maximum Gasteiger partial charge on any atom is 0.339 e. The SMILES string of the molecule is N#Cc1ccsc1NC(=O)COC(=O)c1c2c(nc3ccccc13)CCCC2. The number of anilines is 1. The van der Waals surface area contributed by atoms with Crippen molar-refractivity contribution in [2.24, 2.45) is 0 Å². The van der Waals surface area contributed by atoms with Crippen LogP contribution in [0.25, 0.3) is 10.9 Å². The number of thiophene rings is 1. The van der Waals surface area contributed by atoms with E-state index in [4.69, 9.17) is 15.0 Å². The third kappa shape index (κ3) is 3.47. The zero-order valence-corrected chi connectivity index (χ0v) is 15.8. The molecule has 0 fully saturated rings. The van der Waals surface area contributed by atoms with Crippen molar-refractivity contribution in [3.63, 3.8) is 0 Å². The second-order valence-corrected chi connectivity index (χ2v) is 7.45. The van der Waals surface area contributed by atoms with E-state index in [1.54, 1.807) is 11.4 Å². The average Bonchev–Trinajstić information content (AvgIpc) is 3.17. The van der Waals surface area contributed by atoms with Crippen LogP contribution in [-0.2, 0) is 22.4 Å². The Morgan fingerprint density at radius 1 is 1.21 bits per heavy atom. The summed E-state index contributed by atoms with van der Waals surface area (Å²) in [5.74, 6) is -0.988. The largest absolute Gasteiger partial charge is 0.452 e. The van der Waals surface area contributed by atoms with Gasteiger partial charge in [0.1, 0.15) is 11.1 Å². The molecule has 0 spiro atoms. The molecule has 2 aromatic heterocycles. The number of nitrogens with one attached hydrogen (secondary N) is 1. The molecule has 1 aliphatic carbocycles. The van der Waals surface area contributed by atoms with Gasteiger partial charge in [-0.1, -0.05) is 18.2 Å². The minimum Gasteiger partial charge on any atom is -0.452 e. The summed E-state index contributed by atoms with van der Waals surface area (Å²) in [5, 5.41) is 14.5. The lowest BCUT2D eigenvalue weighted by Gasteiger charge is -2.19. The lowest BCUT2D eigenvalue weighted by atomic mass is 9.90. The lowest BCUT2D eigenvalue weighted by Crippen LogP contribution is -2.22. The molecule has 2 heterocycles. The predicted molar refractivity (Wildman–Crippen MR) is 106 cm³/mol. The summed E-state index contributed by atoms with van der Waals surface area (Å²) in [6.07, 6.45) is 3.68. The van der Waals surface area contributed by atoms with Crippen LogP contribution in [0.1, 0.15) is 40.0 Å². The molecule has 0 radical (unpaired) electrons. The summed E-state index contributed by atoms with van der Waals surface area (Å²) in [7, 11) is 0. The number of hydrogen-bond donors (Lipinski definition) is 1. The van der Waals surface area contributed by atoms with E-state index in [2.05, 4.69) is 5.32 Å². The third-order valence-corrected chi connectivity index (χ3v) is 5.58. The molecule has 1 N–H and O–H groups in total. The van der Waals surface area contributed by atoms with Gasteiger partial charge in [0, 0.05) is 11.1 Å². The Hall–Kier alpha value is -3.24. The molecule has 1 aliphatic rings. The van der Waals surface area contributed by atoms with E-state index in [1.165, 1.54) is 11.3 Å². The van der Waals surface area contributed by atoms with Crippen LogP contribution in [-0.4, -0.2) is 23.5 Å². The first-order valence-corrected chi connectivity index (χ1v) is 9.90. The molecular weight excluding hydrogens is 374 g/mol. The zero-order chi connectivity index (χ0) is 19.5. The van der Waals surface area contributed by atoms with Crippen LogP contribution in [0.3, 0.4) is 0 Å². The van der Waals surface area contributed by atoms with Crippen LogP contribution in [0, 0.1) is 11.3 Å². The highest BCUT2D eigenvalue weighted by Crippen LogP contribution is 2.30. The van der Waals surface area contributed by atoms with Crippen molar-refractivity contribution in [1.82, 2.24) is 4.98 Å². The number of para-hydroxylation sites is 1. The van der Waals surface area contributed by atoms with Gasteiger partial charge < -0.3 is 10.1 Å². The van der Waals surface area contributed by atoms with E-state index in [1.807, 2.05) is 30.3 Å². The Morgan fingerprint density at radius 3 is 2.89 bits per heavy atom. The third-order valence-electron chi connectivity index (χ3n) is 4.75. The molecule has 7 heteroatoms. The molecule has 0 unspecified atom stereocenters. The maximum absolute atomic E-state index is 12.9. The molecule has 1 aromatic carbocycles. The molecule has 6 nitrogen and oxygen atoms in total. The van der Waals surface area contributed by atoms with Crippen LogP contribution in [0.15, 0.2) is 35.7 Å². The number of ether oxygens (including phenoxy) is 1. The van der Waals surface area contributed by atoms with Gasteiger partial charge in [0.15, 0.2) is 6.61 Å². The maximum atomic E-state index is 12.9. The normalized spacial score (nSPS) is 12.8. The Morgan fingerprint density at radius 2 is 2.04 bits per heavy atom. The number of carbonyl (C=O) groups excluding carboxylic acids is 2. The molecule has 4 rings (SSSR count). The molecule has 0 saturated heterocycles. The van der Waals surface area contributed by atoms with E-state index >= 15 is 0 Å². The van der Waals surface area contributed by atoms with Crippen LogP contribution < -0.4 is 5.32 Å². The van der Waals surface area contributed by atoms with E-state index in [-0.39, 0.29) is 0 Å². The Labute approximate surface area is 165 Å². The summed E-state index contributed by atoms with van der Waals surface area (Å²) >= 11 is 1.25. The minimum atomic E-state index is -0.515. The van der Waals surface area contributed by atoms with E-state index < -0.39 is 18.5 Å². The van der Waals surface area contributed by atoms with Gasteiger partial charge in [-0.25, -0.2) is 4.79 Å². The summed E-state index contributed by atoms with van der Waals surface area (Å²) in [6, 6.07) is 11.1. The van der Waals surface area contributed by atoms with E-state index in [0.717, 1.165) is 47.8 Å². The number of rotatable bonds is 4. The first-order valence-electron chi connectivity index (χ1n) is 9.02. The number of carbonyl (C=O) groups is 2. The van der Waals surface area contributed by atoms with Crippen LogP contribution >= 0.6 is 11.3 Å². The van der Waals surface area contributed by atoms with Gasteiger partial charge in [-0.3, -0.25) is 9.78 Å². The van der Waals surface area contributed by atoms with Gasteiger partial charge in [-0.05, 0) is 48.8 Å². The number of pyridine rings is 1. The molecule has 1 amide bonds. The van der Waals surface area contributed by atoms with Gasteiger partial charge in [0.05, 0.1) is 16.6 Å². The number of aromatic nitrogens is 1.